The van der Waals surface area contributed by atoms with Gasteiger partial charge in [-0.1, -0.05) is 31.6 Å². The summed E-state index contributed by atoms with van der Waals surface area (Å²) in [6.07, 6.45) is 2.05. The fourth-order valence-corrected chi connectivity index (χ4v) is 7.58. The van der Waals surface area contributed by atoms with Gasteiger partial charge in [0.15, 0.2) is 19.7 Å². The van der Waals surface area contributed by atoms with Crippen LogP contribution in [0.25, 0.3) is 0 Å². The average molecular weight is 779 g/mol. The van der Waals surface area contributed by atoms with Crippen LogP contribution in [0.4, 0.5) is 5.69 Å². The Morgan fingerprint density at radius 2 is 1.15 bits per heavy atom. The maximum atomic E-state index is 12.5. The molecular weight excluding hydrogens is 729 g/mol. The number of anilines is 1. The predicted octanol–water partition coefficient (Wildman–Crippen LogP) is 0.261. The van der Waals surface area contributed by atoms with Gasteiger partial charge in [0.05, 0.1) is 50.0 Å². The van der Waals surface area contributed by atoms with Crippen LogP contribution < -0.4 is 5.32 Å². The van der Waals surface area contributed by atoms with Crippen LogP contribution in [0.1, 0.15) is 38.2 Å². The van der Waals surface area contributed by atoms with Crippen LogP contribution in [-0.4, -0.2) is 169 Å². The molecule has 0 radical (unpaired) electrons. The first-order chi connectivity index (χ1) is 24.2. The minimum atomic E-state index is -3.38. The van der Waals surface area contributed by atoms with E-state index in [4.69, 9.17) is 0 Å². The van der Waals surface area contributed by atoms with Crippen molar-refractivity contribution in [3.05, 3.63) is 41.8 Å². The van der Waals surface area contributed by atoms with Crippen LogP contribution in [0.15, 0.2) is 36.3 Å². The summed E-state index contributed by atoms with van der Waals surface area (Å²) in [6.45, 7) is 1.26. The zero-order valence-electron chi connectivity index (χ0n) is 29.1. The van der Waals surface area contributed by atoms with E-state index in [1.54, 1.807) is 31.2 Å². The molecule has 0 aromatic heterocycles. The number of benzene rings is 1. The molecule has 0 spiro atoms. The number of rotatable bonds is 30. The van der Waals surface area contributed by atoms with Crippen molar-refractivity contribution in [1.82, 2.24) is 14.7 Å². The summed E-state index contributed by atoms with van der Waals surface area (Å²) in [6, 6.07) is 5.06. The first-order valence-electron chi connectivity index (χ1n) is 16.4. The fourth-order valence-electron chi connectivity index (χ4n) is 5.55. The van der Waals surface area contributed by atoms with Gasteiger partial charge in [0.1, 0.15) is 0 Å². The highest BCUT2D eigenvalue weighted by molar-refractivity contribution is 7.94. The van der Waals surface area contributed by atoms with E-state index in [1.165, 1.54) is 4.90 Å². The number of nitrogens with zero attached hydrogens (tertiary/aromatic N) is 3. The van der Waals surface area contributed by atoms with E-state index in [0.29, 0.717) is 36.9 Å². The summed E-state index contributed by atoms with van der Waals surface area (Å²) in [5.41, 5.74) is 1.20. The first kappa shape index (κ1) is 45.9. The van der Waals surface area contributed by atoms with Gasteiger partial charge in [-0.2, -0.15) is 0 Å². The molecule has 1 aromatic rings. The maximum Gasteiger partial charge on any atom is 0.317 e. The van der Waals surface area contributed by atoms with Crippen molar-refractivity contribution in [2.45, 2.75) is 51.1 Å². The molecule has 0 fully saturated rings. The molecular formula is C32H50N4O14S2. The third-order valence-electron chi connectivity index (χ3n) is 7.84. The Labute approximate surface area is 303 Å². The number of carbonyl (C=O) groups is 5. The SMILES string of the molecule is C=CS(=O)(=O)CCCCCCS(=O)(=O)CCNc1ccc(C[C@H](CN(CC(=O)O)CC(=O)O)N(CC(=O)O)[C@@H](C)CN(CC(=O)O)CC(=O)O)cc1. The van der Waals surface area contributed by atoms with Crippen molar-refractivity contribution >= 4 is 55.2 Å². The Hall–Kier alpha value is -4.11. The molecule has 20 heteroatoms. The van der Waals surface area contributed by atoms with Crippen LogP contribution in [0.2, 0.25) is 0 Å². The molecule has 0 unspecified atom stereocenters. The zero-order chi connectivity index (χ0) is 39.5. The second-order valence-corrected chi connectivity index (χ2v) is 16.8. The lowest BCUT2D eigenvalue weighted by atomic mass is 10.0. The van der Waals surface area contributed by atoms with Crippen molar-refractivity contribution in [1.29, 1.82) is 0 Å². The predicted molar refractivity (Wildman–Crippen MR) is 191 cm³/mol. The van der Waals surface area contributed by atoms with Crippen LogP contribution in [0.3, 0.4) is 0 Å². The van der Waals surface area contributed by atoms with Gasteiger partial charge in [-0.25, -0.2) is 16.8 Å². The van der Waals surface area contributed by atoms with E-state index < -0.39 is 94.3 Å². The second-order valence-electron chi connectivity index (χ2n) is 12.4. The van der Waals surface area contributed by atoms with E-state index >= 15 is 0 Å². The average Bonchev–Trinajstić information content (AvgIpc) is 3.00. The fraction of sp³-hybridized carbons (Fsp3) is 0.594. The molecule has 2 atom stereocenters. The highest BCUT2D eigenvalue weighted by Crippen LogP contribution is 2.18. The van der Waals surface area contributed by atoms with Crippen LogP contribution >= 0.6 is 0 Å². The number of nitrogens with one attached hydrogen (secondary N) is 1. The zero-order valence-corrected chi connectivity index (χ0v) is 30.8. The second kappa shape index (κ2) is 22.7. The molecule has 52 heavy (non-hydrogen) atoms. The molecule has 18 nitrogen and oxygen atoms in total. The van der Waals surface area contributed by atoms with Crippen LogP contribution in [-0.2, 0) is 50.1 Å². The maximum absolute atomic E-state index is 12.5. The molecule has 0 amide bonds. The van der Waals surface area contributed by atoms with Gasteiger partial charge >= 0.3 is 29.8 Å². The molecule has 1 aromatic carbocycles. The number of aliphatic carboxylic acids is 5. The summed E-state index contributed by atoms with van der Waals surface area (Å²) in [5.74, 6) is -6.74. The van der Waals surface area contributed by atoms with Crippen LogP contribution in [0, 0.1) is 0 Å². The summed E-state index contributed by atoms with van der Waals surface area (Å²) in [4.78, 5) is 61.5. The molecule has 6 N–H and O–H groups in total. The van der Waals surface area contributed by atoms with Gasteiger partial charge in [-0.3, -0.25) is 38.7 Å². The summed E-state index contributed by atoms with van der Waals surface area (Å²) in [5, 5.41) is 51.1. The van der Waals surface area contributed by atoms with E-state index in [9.17, 15) is 66.3 Å². The topological polar surface area (TPSA) is 277 Å². The number of hydrogen-bond acceptors (Lipinski definition) is 13. The molecule has 0 saturated carbocycles. The Morgan fingerprint density at radius 3 is 1.62 bits per heavy atom. The Kier molecular flexibility index (Phi) is 20.1. The number of carboxylic acids is 5. The van der Waals surface area contributed by atoms with E-state index in [0.717, 1.165) is 15.2 Å². The summed E-state index contributed by atoms with van der Waals surface area (Å²) >= 11 is 0. The summed E-state index contributed by atoms with van der Waals surface area (Å²) in [7, 11) is -6.66. The molecule has 0 aliphatic rings. The molecule has 0 bridgehead atoms. The van der Waals surface area contributed by atoms with E-state index in [2.05, 4.69) is 11.9 Å². The minimum Gasteiger partial charge on any atom is -0.480 e. The highest BCUT2D eigenvalue weighted by atomic mass is 32.2. The lowest BCUT2D eigenvalue weighted by molar-refractivity contribution is -0.144. The molecule has 0 heterocycles. The minimum absolute atomic E-state index is 0.0256. The molecule has 1 rings (SSSR count). The summed E-state index contributed by atoms with van der Waals surface area (Å²) < 4.78 is 47.9. The van der Waals surface area contributed by atoms with Crippen molar-refractivity contribution < 1.29 is 66.3 Å². The molecule has 294 valence electrons. The van der Waals surface area contributed by atoms with Crippen molar-refractivity contribution in [2.24, 2.45) is 0 Å². The Morgan fingerprint density at radius 1 is 0.692 bits per heavy atom. The van der Waals surface area contributed by atoms with E-state index in [-0.39, 0.29) is 43.3 Å². The standard InChI is InChI=1S/C32H50N4O14S2/c1-3-51(47,48)13-6-4-5-7-14-52(49,50)15-12-33-26-10-8-25(9-11-26)16-27(18-35(21-30(41)42)22-31(43)44)36(23-32(45)46)24(2)17-34(19-28(37)38)20-29(39)40/h3,8-11,24,27,33H,1,4-7,12-23H2,2H3,(H,37,38)(H,39,40)(H,41,42)(H,43,44)(H,45,46)/t24-,27+/m0/s1. The van der Waals surface area contributed by atoms with Gasteiger partial charge in [-0.05, 0) is 43.9 Å². The number of sulfone groups is 2. The lowest BCUT2D eigenvalue weighted by Gasteiger charge is -2.39. The smallest absolute Gasteiger partial charge is 0.317 e. The van der Waals surface area contributed by atoms with Crippen molar-refractivity contribution in [3.8, 4) is 0 Å². The van der Waals surface area contributed by atoms with Gasteiger partial charge in [0, 0.05) is 42.8 Å². The molecule has 0 aliphatic heterocycles. The first-order valence-corrected chi connectivity index (χ1v) is 19.9. The Bertz CT molecular complexity index is 1540. The number of unbranched alkanes of at least 4 members (excludes halogenated alkanes) is 3. The van der Waals surface area contributed by atoms with Gasteiger partial charge in [0.25, 0.3) is 0 Å². The third kappa shape index (κ3) is 20.7. The van der Waals surface area contributed by atoms with Crippen LogP contribution in [0.5, 0.6) is 0 Å². The van der Waals surface area contributed by atoms with Gasteiger partial charge < -0.3 is 30.8 Å². The lowest BCUT2D eigenvalue weighted by Crippen LogP contribution is -2.55. The number of hydrogen-bond donors (Lipinski definition) is 6. The quantitative estimate of drug-likeness (QED) is 0.0572. The monoisotopic (exact) mass is 778 g/mol. The normalized spacial score (nSPS) is 13.2. The largest absolute Gasteiger partial charge is 0.480 e. The molecule has 0 aliphatic carbocycles. The van der Waals surface area contributed by atoms with Gasteiger partial charge in [-0.15, -0.1) is 0 Å². The van der Waals surface area contributed by atoms with Gasteiger partial charge in [0.2, 0.25) is 0 Å². The van der Waals surface area contributed by atoms with Crippen molar-refractivity contribution in [3.63, 3.8) is 0 Å². The van der Waals surface area contributed by atoms with Crippen molar-refractivity contribution in [2.75, 3.05) is 74.9 Å². The number of carboxylic acid groups (broad SMARTS) is 5. The third-order valence-corrected chi connectivity index (χ3v) is 10.9. The van der Waals surface area contributed by atoms with E-state index in [1.807, 2.05) is 0 Å². The Balaban J connectivity index is 3.09. The molecule has 0 saturated heterocycles. The highest BCUT2D eigenvalue weighted by Gasteiger charge is 2.31.